The SMILES string of the molecule is Cn1cnc2c(F)c(Nc3ccc(Br)cc3Cl)ccc21. The second kappa shape index (κ2) is 5.07. The maximum Gasteiger partial charge on any atom is 0.174 e. The van der Waals surface area contributed by atoms with Crippen molar-refractivity contribution in [3.05, 3.63) is 52.0 Å². The van der Waals surface area contributed by atoms with Gasteiger partial charge in [-0.25, -0.2) is 9.37 Å². The minimum atomic E-state index is -0.387. The Morgan fingerprint density at radius 2 is 2.00 bits per heavy atom. The fourth-order valence-corrected chi connectivity index (χ4v) is 2.72. The van der Waals surface area contributed by atoms with Crippen LogP contribution in [0.2, 0.25) is 5.02 Å². The van der Waals surface area contributed by atoms with Crippen LogP contribution in [0.1, 0.15) is 0 Å². The lowest BCUT2D eigenvalue weighted by molar-refractivity contribution is 0.641. The summed E-state index contributed by atoms with van der Waals surface area (Å²) in [6.45, 7) is 0. The molecule has 3 rings (SSSR count). The third-order valence-electron chi connectivity index (χ3n) is 3.04. The molecule has 0 aliphatic rings. The summed E-state index contributed by atoms with van der Waals surface area (Å²) < 4.78 is 17.0. The monoisotopic (exact) mass is 353 g/mol. The summed E-state index contributed by atoms with van der Waals surface area (Å²) in [5, 5.41) is 3.51. The van der Waals surface area contributed by atoms with E-state index in [-0.39, 0.29) is 5.82 Å². The van der Waals surface area contributed by atoms with Gasteiger partial charge in [-0.05, 0) is 30.3 Å². The van der Waals surface area contributed by atoms with E-state index in [0.29, 0.717) is 21.9 Å². The van der Waals surface area contributed by atoms with Crippen LogP contribution in [0.5, 0.6) is 0 Å². The van der Waals surface area contributed by atoms with Crippen LogP contribution >= 0.6 is 27.5 Å². The van der Waals surface area contributed by atoms with Crippen LogP contribution in [0.15, 0.2) is 41.1 Å². The Morgan fingerprint density at radius 3 is 2.75 bits per heavy atom. The molecule has 0 saturated carbocycles. The Kier molecular flexibility index (Phi) is 3.40. The second-order valence-electron chi connectivity index (χ2n) is 4.40. The number of rotatable bonds is 2. The van der Waals surface area contributed by atoms with Gasteiger partial charge in [-0.1, -0.05) is 27.5 Å². The standard InChI is InChI=1S/C14H10BrClFN3/c1-20-7-18-14-12(20)5-4-11(13(14)17)19-10-3-2-8(15)6-9(10)16/h2-7,19H,1H3. The van der Waals surface area contributed by atoms with Crippen molar-refractivity contribution < 1.29 is 4.39 Å². The number of aryl methyl sites for hydroxylation is 1. The molecule has 0 atom stereocenters. The van der Waals surface area contributed by atoms with Crippen LogP contribution in [0.3, 0.4) is 0 Å². The molecule has 0 unspecified atom stereocenters. The van der Waals surface area contributed by atoms with Crippen LogP contribution in [0.4, 0.5) is 15.8 Å². The smallest absolute Gasteiger partial charge is 0.174 e. The summed E-state index contributed by atoms with van der Waals surface area (Å²) in [4.78, 5) is 4.06. The van der Waals surface area contributed by atoms with Crippen molar-refractivity contribution in [2.75, 3.05) is 5.32 Å². The number of aromatic nitrogens is 2. The zero-order chi connectivity index (χ0) is 14.3. The number of nitrogens with zero attached hydrogens (tertiary/aromatic N) is 2. The van der Waals surface area contributed by atoms with E-state index >= 15 is 0 Å². The molecule has 0 saturated heterocycles. The molecule has 1 heterocycles. The largest absolute Gasteiger partial charge is 0.352 e. The molecule has 0 aliphatic heterocycles. The number of fused-ring (bicyclic) bond motifs is 1. The van der Waals surface area contributed by atoms with Gasteiger partial charge < -0.3 is 9.88 Å². The molecular formula is C14H10BrClFN3. The molecule has 0 bridgehead atoms. The second-order valence-corrected chi connectivity index (χ2v) is 5.72. The van der Waals surface area contributed by atoms with Gasteiger partial charge in [-0.15, -0.1) is 0 Å². The first-order chi connectivity index (χ1) is 9.56. The lowest BCUT2D eigenvalue weighted by Crippen LogP contribution is -1.96. The number of halogens is 3. The van der Waals surface area contributed by atoms with Gasteiger partial charge in [0, 0.05) is 11.5 Å². The number of hydrogen-bond acceptors (Lipinski definition) is 2. The zero-order valence-corrected chi connectivity index (χ0v) is 12.8. The summed E-state index contributed by atoms with van der Waals surface area (Å²) in [5.74, 6) is -0.387. The molecule has 0 aliphatic carbocycles. The summed E-state index contributed by atoms with van der Waals surface area (Å²) >= 11 is 9.45. The van der Waals surface area contributed by atoms with E-state index in [1.165, 1.54) is 0 Å². The quantitative estimate of drug-likeness (QED) is 0.711. The van der Waals surface area contributed by atoms with Crippen molar-refractivity contribution in [2.24, 2.45) is 7.05 Å². The van der Waals surface area contributed by atoms with E-state index in [1.807, 2.05) is 19.2 Å². The van der Waals surface area contributed by atoms with Gasteiger partial charge in [0.05, 0.1) is 28.2 Å². The summed E-state index contributed by atoms with van der Waals surface area (Å²) in [5.41, 5.74) is 2.07. The van der Waals surface area contributed by atoms with Crippen LogP contribution in [-0.4, -0.2) is 9.55 Å². The summed E-state index contributed by atoms with van der Waals surface area (Å²) in [7, 11) is 1.83. The van der Waals surface area contributed by atoms with Crippen molar-refractivity contribution in [2.45, 2.75) is 0 Å². The summed E-state index contributed by atoms with van der Waals surface area (Å²) in [6.07, 6.45) is 1.59. The molecule has 0 amide bonds. The van der Waals surface area contributed by atoms with Gasteiger partial charge in [0.15, 0.2) is 5.82 Å². The molecule has 2 aromatic carbocycles. The lowest BCUT2D eigenvalue weighted by Gasteiger charge is -2.10. The number of benzene rings is 2. The molecule has 3 nitrogen and oxygen atoms in total. The molecule has 1 aromatic heterocycles. The predicted octanol–water partition coefficient (Wildman–Crippen LogP) is 4.87. The van der Waals surface area contributed by atoms with Crippen LogP contribution in [0.25, 0.3) is 11.0 Å². The average molecular weight is 355 g/mol. The fraction of sp³-hybridized carbons (Fsp3) is 0.0714. The molecule has 0 spiro atoms. The van der Waals surface area contributed by atoms with Crippen molar-refractivity contribution >= 4 is 49.9 Å². The maximum absolute atomic E-state index is 14.4. The zero-order valence-electron chi connectivity index (χ0n) is 10.5. The molecule has 1 N–H and O–H groups in total. The highest BCUT2D eigenvalue weighted by Crippen LogP contribution is 2.31. The highest BCUT2D eigenvalue weighted by Gasteiger charge is 2.12. The molecule has 6 heteroatoms. The predicted molar refractivity (Wildman–Crippen MR) is 83.1 cm³/mol. The van der Waals surface area contributed by atoms with Crippen molar-refractivity contribution in [1.29, 1.82) is 0 Å². The van der Waals surface area contributed by atoms with E-state index < -0.39 is 0 Å². The number of nitrogens with one attached hydrogen (secondary N) is 1. The van der Waals surface area contributed by atoms with E-state index in [4.69, 9.17) is 11.6 Å². The normalized spacial score (nSPS) is 11.0. The molecule has 3 aromatic rings. The Labute approximate surface area is 128 Å². The van der Waals surface area contributed by atoms with E-state index in [0.717, 1.165) is 9.99 Å². The van der Waals surface area contributed by atoms with Gasteiger partial charge in [-0.2, -0.15) is 0 Å². The minimum absolute atomic E-state index is 0.339. The van der Waals surface area contributed by atoms with Crippen molar-refractivity contribution in [3.8, 4) is 0 Å². The fourth-order valence-electron chi connectivity index (χ4n) is 2.00. The Bertz CT molecular complexity index is 800. The lowest BCUT2D eigenvalue weighted by atomic mass is 10.2. The maximum atomic E-state index is 14.4. The third kappa shape index (κ3) is 2.27. The van der Waals surface area contributed by atoms with Crippen molar-refractivity contribution in [3.63, 3.8) is 0 Å². The summed E-state index contributed by atoms with van der Waals surface area (Å²) in [6, 6.07) is 8.87. The van der Waals surface area contributed by atoms with Crippen LogP contribution in [0, 0.1) is 5.82 Å². The molecule has 0 radical (unpaired) electrons. The van der Waals surface area contributed by atoms with Gasteiger partial charge in [0.2, 0.25) is 0 Å². The van der Waals surface area contributed by atoms with E-state index in [9.17, 15) is 4.39 Å². The van der Waals surface area contributed by atoms with Gasteiger partial charge in [0.25, 0.3) is 0 Å². The topological polar surface area (TPSA) is 29.9 Å². The molecular weight excluding hydrogens is 345 g/mol. The van der Waals surface area contributed by atoms with Crippen molar-refractivity contribution in [1.82, 2.24) is 9.55 Å². The van der Waals surface area contributed by atoms with Crippen LogP contribution < -0.4 is 5.32 Å². The first-order valence-corrected chi connectivity index (χ1v) is 7.05. The Hall–Kier alpha value is -1.59. The van der Waals surface area contributed by atoms with Gasteiger partial charge >= 0.3 is 0 Å². The Balaban J connectivity index is 2.04. The van der Waals surface area contributed by atoms with E-state index in [1.54, 1.807) is 29.1 Å². The highest BCUT2D eigenvalue weighted by atomic mass is 79.9. The molecule has 0 fully saturated rings. The highest BCUT2D eigenvalue weighted by molar-refractivity contribution is 9.10. The van der Waals surface area contributed by atoms with Gasteiger partial charge in [-0.3, -0.25) is 0 Å². The number of anilines is 2. The van der Waals surface area contributed by atoms with E-state index in [2.05, 4.69) is 26.2 Å². The first-order valence-electron chi connectivity index (χ1n) is 5.88. The molecule has 20 heavy (non-hydrogen) atoms. The molecule has 102 valence electrons. The minimum Gasteiger partial charge on any atom is -0.352 e. The number of imidazole rings is 1. The van der Waals surface area contributed by atoms with Crippen LogP contribution in [-0.2, 0) is 7.05 Å². The van der Waals surface area contributed by atoms with Gasteiger partial charge in [0.1, 0.15) is 5.52 Å². The average Bonchev–Trinajstić information content (AvgIpc) is 2.78. The first kappa shape index (κ1) is 13.4. The number of hydrogen-bond donors (Lipinski definition) is 1. The Morgan fingerprint density at radius 1 is 1.25 bits per heavy atom. The third-order valence-corrected chi connectivity index (χ3v) is 3.84.